The van der Waals surface area contributed by atoms with Crippen molar-refractivity contribution in [3.8, 4) is 0 Å². The van der Waals surface area contributed by atoms with Gasteiger partial charge in [-0.15, -0.1) is 0 Å². The molecule has 2 atom stereocenters. The van der Waals surface area contributed by atoms with Crippen molar-refractivity contribution >= 4 is 10.1 Å². The maximum Gasteiger partial charge on any atom is 1.00 e. The van der Waals surface area contributed by atoms with Crippen molar-refractivity contribution in [2.45, 2.75) is 128 Å². The molecule has 0 rings (SSSR count). The molecule has 0 spiro atoms. The van der Waals surface area contributed by atoms with Crippen LogP contribution in [0.2, 0.25) is 0 Å². The molecule has 0 aromatic rings. The first kappa shape index (κ1) is 29.7. The van der Waals surface area contributed by atoms with Crippen molar-refractivity contribution in [3.63, 3.8) is 0 Å². The number of rotatable bonds is 18. The zero-order chi connectivity index (χ0) is 19.0. The summed E-state index contributed by atoms with van der Waals surface area (Å²) in [5.74, 6) is 0. The van der Waals surface area contributed by atoms with E-state index >= 15 is 0 Å². The molecule has 0 fully saturated rings. The van der Waals surface area contributed by atoms with Crippen LogP contribution in [-0.4, -0.2) is 29.4 Å². The third-order valence-electron chi connectivity index (χ3n) is 4.97. The van der Waals surface area contributed by atoms with Gasteiger partial charge in [0.25, 0.3) is 0 Å². The van der Waals surface area contributed by atoms with E-state index < -0.39 is 15.4 Å². The first-order valence-electron chi connectivity index (χ1n) is 10.5. The van der Waals surface area contributed by atoms with Crippen molar-refractivity contribution in [2.24, 2.45) is 0 Å². The van der Waals surface area contributed by atoms with E-state index in [0.29, 0.717) is 12.8 Å². The van der Waals surface area contributed by atoms with E-state index in [2.05, 4.69) is 13.8 Å². The fraction of sp³-hybridized carbons (Fsp3) is 1.00. The standard InChI is InChI=1S/C20H42O4S.K/c1-3-5-6-13-17-20(25(22,23)24)18-14-11-9-7-8-10-12-16-19(21)15-4-2;/h19-21H,3-18H2,1-2H3,(H,22,23,24);/q;+1/p-1. The van der Waals surface area contributed by atoms with E-state index in [1.165, 1.54) is 6.42 Å². The van der Waals surface area contributed by atoms with Crippen LogP contribution in [0, 0.1) is 0 Å². The third-order valence-corrected chi connectivity index (χ3v) is 6.26. The molecule has 0 aliphatic heterocycles. The van der Waals surface area contributed by atoms with Gasteiger partial charge < -0.3 is 9.66 Å². The van der Waals surface area contributed by atoms with Gasteiger partial charge in [0.05, 0.1) is 16.2 Å². The summed E-state index contributed by atoms with van der Waals surface area (Å²) in [6.07, 6.45) is 15.5. The van der Waals surface area contributed by atoms with Crippen molar-refractivity contribution in [3.05, 3.63) is 0 Å². The van der Waals surface area contributed by atoms with Crippen LogP contribution < -0.4 is 51.4 Å². The van der Waals surface area contributed by atoms with Crippen LogP contribution in [0.5, 0.6) is 0 Å². The zero-order valence-corrected chi connectivity index (χ0v) is 21.5. The van der Waals surface area contributed by atoms with E-state index in [-0.39, 0.29) is 57.5 Å². The number of aliphatic hydroxyl groups is 1. The van der Waals surface area contributed by atoms with Gasteiger partial charge in [0, 0.05) is 5.25 Å². The molecule has 0 bridgehead atoms. The van der Waals surface area contributed by atoms with Gasteiger partial charge in [-0.1, -0.05) is 90.9 Å². The number of hydrogen-bond acceptors (Lipinski definition) is 4. The van der Waals surface area contributed by atoms with Crippen LogP contribution in [0.4, 0.5) is 0 Å². The molecule has 0 amide bonds. The molecule has 0 saturated carbocycles. The van der Waals surface area contributed by atoms with Gasteiger partial charge in [0.1, 0.15) is 0 Å². The normalized spacial score (nSPS) is 14.0. The first-order valence-corrected chi connectivity index (χ1v) is 12.0. The summed E-state index contributed by atoms with van der Waals surface area (Å²) in [4.78, 5) is 0. The second-order valence-corrected chi connectivity index (χ2v) is 9.11. The molecular weight excluding hydrogens is 375 g/mol. The second-order valence-electron chi connectivity index (χ2n) is 7.46. The summed E-state index contributed by atoms with van der Waals surface area (Å²) in [5, 5.41) is 8.98. The minimum Gasteiger partial charge on any atom is -0.748 e. The predicted octanol–water partition coefficient (Wildman–Crippen LogP) is 2.55. The number of aliphatic hydroxyl groups excluding tert-OH is 1. The molecule has 6 heteroatoms. The Labute approximate surface area is 205 Å². The fourth-order valence-electron chi connectivity index (χ4n) is 3.35. The van der Waals surface area contributed by atoms with E-state index in [1.807, 2.05) is 0 Å². The quantitative estimate of drug-likeness (QED) is 0.212. The number of hydrogen-bond donors (Lipinski definition) is 1. The molecule has 1 N–H and O–H groups in total. The van der Waals surface area contributed by atoms with Crippen LogP contribution in [0.1, 0.15) is 117 Å². The molecule has 0 aromatic carbocycles. The summed E-state index contributed by atoms with van der Waals surface area (Å²) >= 11 is 0. The molecule has 0 aliphatic carbocycles. The van der Waals surface area contributed by atoms with Crippen LogP contribution in [-0.2, 0) is 10.1 Å². The molecule has 4 nitrogen and oxygen atoms in total. The Balaban J connectivity index is 0. The zero-order valence-electron chi connectivity index (χ0n) is 17.5. The van der Waals surface area contributed by atoms with Gasteiger partial charge in [0.2, 0.25) is 0 Å². The summed E-state index contributed by atoms with van der Waals surface area (Å²) in [6, 6.07) is 0. The summed E-state index contributed by atoms with van der Waals surface area (Å²) < 4.78 is 34.1. The van der Waals surface area contributed by atoms with E-state index in [1.54, 1.807) is 0 Å². The van der Waals surface area contributed by atoms with Crippen LogP contribution in [0.3, 0.4) is 0 Å². The Hall–Kier alpha value is 1.51. The molecular formula is C20H41KO4S. The monoisotopic (exact) mass is 416 g/mol. The maximum absolute atomic E-state index is 11.4. The average molecular weight is 417 g/mol. The van der Waals surface area contributed by atoms with E-state index in [4.69, 9.17) is 0 Å². The van der Waals surface area contributed by atoms with Crippen molar-refractivity contribution in [1.29, 1.82) is 0 Å². The van der Waals surface area contributed by atoms with Crippen molar-refractivity contribution in [2.75, 3.05) is 0 Å². The molecule has 26 heavy (non-hydrogen) atoms. The molecule has 0 aliphatic rings. The van der Waals surface area contributed by atoms with Gasteiger partial charge in [-0.2, -0.15) is 0 Å². The Morgan fingerprint density at radius 3 is 1.54 bits per heavy atom. The largest absolute Gasteiger partial charge is 1.00 e. The SMILES string of the molecule is CCCCCCC(CCCCCCCCCC(O)CCC)S(=O)(=O)[O-].[K+]. The summed E-state index contributed by atoms with van der Waals surface area (Å²) in [5.41, 5.74) is 0. The van der Waals surface area contributed by atoms with Crippen LogP contribution >= 0.6 is 0 Å². The molecule has 152 valence electrons. The molecule has 2 unspecified atom stereocenters. The van der Waals surface area contributed by atoms with E-state index in [0.717, 1.165) is 83.5 Å². The Bertz CT molecular complexity index is 387. The van der Waals surface area contributed by atoms with Gasteiger partial charge in [-0.3, -0.25) is 0 Å². The van der Waals surface area contributed by atoms with Crippen molar-refractivity contribution in [1.82, 2.24) is 0 Å². The molecule has 0 aromatic heterocycles. The second kappa shape index (κ2) is 19.8. The minimum absolute atomic E-state index is 0. The topological polar surface area (TPSA) is 77.4 Å². The Morgan fingerprint density at radius 1 is 0.692 bits per heavy atom. The van der Waals surface area contributed by atoms with Gasteiger partial charge >= 0.3 is 51.4 Å². The average Bonchev–Trinajstić information content (AvgIpc) is 2.54. The van der Waals surface area contributed by atoms with Gasteiger partial charge in [0.15, 0.2) is 0 Å². The Kier molecular flexibility index (Phi) is 22.6. The van der Waals surface area contributed by atoms with Crippen molar-refractivity contribution < 1.29 is 69.5 Å². The fourth-order valence-corrected chi connectivity index (χ4v) is 4.26. The first-order chi connectivity index (χ1) is 11.9. The summed E-state index contributed by atoms with van der Waals surface area (Å²) in [6.45, 7) is 4.21. The molecule has 0 heterocycles. The predicted molar refractivity (Wildman–Crippen MR) is 105 cm³/mol. The number of unbranched alkanes of at least 4 members (excludes halogenated alkanes) is 9. The Morgan fingerprint density at radius 2 is 1.12 bits per heavy atom. The minimum atomic E-state index is -4.14. The summed E-state index contributed by atoms with van der Waals surface area (Å²) in [7, 11) is -4.14. The van der Waals surface area contributed by atoms with E-state index in [9.17, 15) is 18.1 Å². The smallest absolute Gasteiger partial charge is 0.748 e. The van der Waals surface area contributed by atoms with Crippen LogP contribution in [0.15, 0.2) is 0 Å². The van der Waals surface area contributed by atoms with Crippen LogP contribution in [0.25, 0.3) is 0 Å². The molecule has 0 radical (unpaired) electrons. The third kappa shape index (κ3) is 18.9. The maximum atomic E-state index is 11.4. The van der Waals surface area contributed by atoms with Gasteiger partial charge in [-0.25, -0.2) is 8.42 Å². The molecule has 0 saturated heterocycles. The van der Waals surface area contributed by atoms with Gasteiger partial charge in [-0.05, 0) is 25.7 Å².